The van der Waals surface area contributed by atoms with Crippen molar-refractivity contribution >= 4 is 11.7 Å². The summed E-state index contributed by atoms with van der Waals surface area (Å²) in [7, 11) is 1.36. The molecule has 0 aromatic heterocycles. The van der Waals surface area contributed by atoms with Crippen molar-refractivity contribution in [1.29, 1.82) is 0 Å². The zero-order chi connectivity index (χ0) is 12.3. The third-order valence-corrected chi connectivity index (χ3v) is 3.17. The van der Waals surface area contributed by atoms with Gasteiger partial charge in [-0.05, 0) is 36.5 Å². The zero-order valence-electron chi connectivity index (χ0n) is 9.94. The highest BCUT2D eigenvalue weighted by atomic mass is 16.5. The second-order valence-corrected chi connectivity index (χ2v) is 4.22. The zero-order valence-corrected chi connectivity index (χ0v) is 9.94. The molecule has 1 aliphatic heterocycles. The molecule has 4 heteroatoms. The molecule has 2 N–H and O–H groups in total. The van der Waals surface area contributed by atoms with Crippen LogP contribution in [0.3, 0.4) is 0 Å². The summed E-state index contributed by atoms with van der Waals surface area (Å²) in [5.74, 6) is 0.0961. The summed E-state index contributed by atoms with van der Waals surface area (Å²) in [4.78, 5) is 11.4. The Morgan fingerprint density at radius 1 is 1.41 bits per heavy atom. The van der Waals surface area contributed by atoms with Gasteiger partial charge in [0.05, 0.1) is 12.7 Å². The summed E-state index contributed by atoms with van der Waals surface area (Å²) < 4.78 is 9.99. The van der Waals surface area contributed by atoms with Gasteiger partial charge >= 0.3 is 5.97 Å². The van der Waals surface area contributed by atoms with Crippen LogP contribution in [0.2, 0.25) is 0 Å². The minimum absolute atomic E-state index is 0.388. The SMILES string of the molecule is COC(=O)c1ccc(C2CCOCC2)cc1N. The molecule has 0 unspecified atom stereocenters. The van der Waals surface area contributed by atoms with E-state index in [1.54, 1.807) is 6.07 Å². The van der Waals surface area contributed by atoms with Crippen LogP contribution in [0.25, 0.3) is 0 Å². The molecule has 1 saturated heterocycles. The van der Waals surface area contributed by atoms with Crippen molar-refractivity contribution in [3.63, 3.8) is 0 Å². The van der Waals surface area contributed by atoms with Gasteiger partial charge in [0.2, 0.25) is 0 Å². The summed E-state index contributed by atoms with van der Waals surface area (Å²) >= 11 is 0. The minimum Gasteiger partial charge on any atom is -0.465 e. The normalized spacial score (nSPS) is 16.8. The topological polar surface area (TPSA) is 61.5 Å². The quantitative estimate of drug-likeness (QED) is 0.628. The van der Waals surface area contributed by atoms with Crippen molar-refractivity contribution in [2.45, 2.75) is 18.8 Å². The van der Waals surface area contributed by atoms with E-state index < -0.39 is 0 Å². The molecular formula is C13H17NO3. The number of carbonyl (C=O) groups is 1. The molecular weight excluding hydrogens is 218 g/mol. The first-order valence-corrected chi connectivity index (χ1v) is 5.78. The molecule has 1 aromatic rings. The number of methoxy groups -OCH3 is 1. The van der Waals surface area contributed by atoms with Crippen LogP contribution >= 0.6 is 0 Å². The Labute approximate surface area is 101 Å². The summed E-state index contributed by atoms with van der Waals surface area (Å²) in [6.07, 6.45) is 2.02. The molecule has 1 fully saturated rings. The average Bonchev–Trinajstić information content (AvgIpc) is 2.39. The van der Waals surface area contributed by atoms with Gasteiger partial charge in [-0.25, -0.2) is 4.79 Å². The average molecular weight is 235 g/mol. The molecule has 1 aromatic carbocycles. The minimum atomic E-state index is -0.388. The van der Waals surface area contributed by atoms with E-state index in [4.69, 9.17) is 10.5 Å². The highest BCUT2D eigenvalue weighted by Gasteiger charge is 2.18. The first kappa shape index (κ1) is 11.9. The smallest absolute Gasteiger partial charge is 0.339 e. The fourth-order valence-corrected chi connectivity index (χ4v) is 2.16. The van der Waals surface area contributed by atoms with Gasteiger partial charge in [0.25, 0.3) is 0 Å². The lowest BCUT2D eigenvalue weighted by atomic mass is 9.90. The van der Waals surface area contributed by atoms with Crippen molar-refractivity contribution < 1.29 is 14.3 Å². The first-order chi connectivity index (χ1) is 8.22. The van der Waals surface area contributed by atoms with Gasteiger partial charge < -0.3 is 15.2 Å². The maximum Gasteiger partial charge on any atom is 0.339 e. The molecule has 92 valence electrons. The number of ether oxygens (including phenoxy) is 2. The van der Waals surface area contributed by atoms with Crippen molar-refractivity contribution in [3.8, 4) is 0 Å². The van der Waals surface area contributed by atoms with E-state index in [9.17, 15) is 4.79 Å². The summed E-state index contributed by atoms with van der Waals surface area (Å²) in [6, 6.07) is 5.58. The van der Waals surface area contributed by atoms with Crippen LogP contribution in [0.1, 0.15) is 34.7 Å². The number of carbonyl (C=O) groups excluding carboxylic acids is 1. The van der Waals surface area contributed by atoms with Crippen LogP contribution in [0.5, 0.6) is 0 Å². The van der Waals surface area contributed by atoms with Crippen LogP contribution in [0.4, 0.5) is 5.69 Å². The van der Waals surface area contributed by atoms with E-state index in [1.165, 1.54) is 12.7 Å². The van der Waals surface area contributed by atoms with Gasteiger partial charge in [-0.2, -0.15) is 0 Å². The van der Waals surface area contributed by atoms with Crippen LogP contribution in [0.15, 0.2) is 18.2 Å². The van der Waals surface area contributed by atoms with Crippen molar-refractivity contribution in [2.24, 2.45) is 0 Å². The number of nitrogens with two attached hydrogens (primary N) is 1. The number of nitrogen functional groups attached to an aromatic ring is 1. The van der Waals surface area contributed by atoms with Gasteiger partial charge in [-0.3, -0.25) is 0 Å². The largest absolute Gasteiger partial charge is 0.465 e. The third kappa shape index (κ3) is 2.58. The van der Waals surface area contributed by atoms with E-state index in [-0.39, 0.29) is 5.97 Å². The van der Waals surface area contributed by atoms with Gasteiger partial charge in [-0.15, -0.1) is 0 Å². The maximum absolute atomic E-state index is 11.4. The predicted molar refractivity (Wildman–Crippen MR) is 65.0 cm³/mol. The van der Waals surface area contributed by atoms with Crippen LogP contribution in [-0.2, 0) is 9.47 Å². The molecule has 4 nitrogen and oxygen atoms in total. The fourth-order valence-electron chi connectivity index (χ4n) is 2.16. The Kier molecular flexibility index (Phi) is 3.64. The standard InChI is InChI=1S/C13H17NO3/c1-16-13(15)11-3-2-10(8-12(11)14)9-4-6-17-7-5-9/h2-3,8-9H,4-7,14H2,1H3. The van der Waals surface area contributed by atoms with E-state index in [0.29, 0.717) is 17.2 Å². The van der Waals surface area contributed by atoms with Crippen LogP contribution in [0, 0.1) is 0 Å². The maximum atomic E-state index is 11.4. The van der Waals surface area contributed by atoms with Gasteiger partial charge in [0.15, 0.2) is 0 Å². The third-order valence-electron chi connectivity index (χ3n) is 3.17. The molecule has 0 radical (unpaired) electrons. The monoisotopic (exact) mass is 235 g/mol. The molecule has 17 heavy (non-hydrogen) atoms. The lowest BCUT2D eigenvalue weighted by molar-refractivity contribution is 0.0601. The summed E-state index contributed by atoms with van der Waals surface area (Å²) in [5, 5.41) is 0. The first-order valence-electron chi connectivity index (χ1n) is 5.78. The Balaban J connectivity index is 2.20. The van der Waals surface area contributed by atoms with E-state index in [0.717, 1.165) is 26.1 Å². The fraction of sp³-hybridized carbons (Fsp3) is 0.462. The second kappa shape index (κ2) is 5.19. The van der Waals surface area contributed by atoms with E-state index in [2.05, 4.69) is 4.74 Å². The van der Waals surface area contributed by atoms with E-state index >= 15 is 0 Å². The molecule has 0 aliphatic carbocycles. The molecule has 0 spiro atoms. The predicted octanol–water partition coefficient (Wildman–Crippen LogP) is 1.95. The number of rotatable bonds is 2. The van der Waals surface area contributed by atoms with Gasteiger partial charge in [0.1, 0.15) is 0 Å². The lowest BCUT2D eigenvalue weighted by Gasteiger charge is -2.22. The highest BCUT2D eigenvalue weighted by molar-refractivity contribution is 5.95. The van der Waals surface area contributed by atoms with Gasteiger partial charge in [0, 0.05) is 18.9 Å². The summed E-state index contributed by atoms with van der Waals surface area (Å²) in [5.41, 5.74) is 7.97. The number of benzene rings is 1. The summed E-state index contributed by atoms with van der Waals surface area (Å²) in [6.45, 7) is 1.59. The number of esters is 1. The number of anilines is 1. The molecule has 0 atom stereocenters. The number of hydrogen-bond donors (Lipinski definition) is 1. The molecule has 1 heterocycles. The van der Waals surface area contributed by atoms with Gasteiger partial charge in [-0.1, -0.05) is 6.07 Å². The van der Waals surface area contributed by atoms with Crippen molar-refractivity contribution in [3.05, 3.63) is 29.3 Å². The Bertz CT molecular complexity index is 411. The second-order valence-electron chi connectivity index (χ2n) is 4.22. The van der Waals surface area contributed by atoms with Crippen molar-refractivity contribution in [1.82, 2.24) is 0 Å². The van der Waals surface area contributed by atoms with Crippen LogP contribution in [-0.4, -0.2) is 26.3 Å². The Morgan fingerprint density at radius 3 is 2.71 bits per heavy atom. The van der Waals surface area contributed by atoms with E-state index in [1.807, 2.05) is 12.1 Å². The van der Waals surface area contributed by atoms with Crippen molar-refractivity contribution in [2.75, 3.05) is 26.1 Å². The Morgan fingerprint density at radius 2 is 2.12 bits per heavy atom. The molecule has 0 amide bonds. The molecule has 0 bridgehead atoms. The van der Waals surface area contributed by atoms with Crippen LogP contribution < -0.4 is 5.73 Å². The lowest BCUT2D eigenvalue weighted by Crippen LogP contribution is -2.15. The molecule has 0 saturated carbocycles. The molecule has 2 rings (SSSR count). The highest BCUT2D eigenvalue weighted by Crippen LogP contribution is 2.29. The molecule has 1 aliphatic rings. The number of hydrogen-bond acceptors (Lipinski definition) is 4. The Hall–Kier alpha value is -1.55.